The summed E-state index contributed by atoms with van der Waals surface area (Å²) in [7, 11) is -3.60. The monoisotopic (exact) mass is 291 g/mol. The van der Waals surface area contributed by atoms with E-state index in [0.717, 1.165) is 11.1 Å². The number of anilines is 1. The van der Waals surface area contributed by atoms with Crippen LogP contribution >= 0.6 is 0 Å². The topological polar surface area (TPSA) is 85.1 Å². The highest BCUT2D eigenvalue weighted by Crippen LogP contribution is 2.18. The molecule has 2 aromatic rings. The highest BCUT2D eigenvalue weighted by Gasteiger charge is 2.14. The number of hydrogen-bond donors (Lipinski definition) is 2. The van der Waals surface area contributed by atoms with Gasteiger partial charge >= 0.3 is 0 Å². The Morgan fingerprint density at radius 1 is 1.20 bits per heavy atom. The predicted molar refractivity (Wildman–Crippen MR) is 78.8 cm³/mol. The molecule has 0 amide bonds. The van der Waals surface area contributed by atoms with Crippen molar-refractivity contribution in [3.63, 3.8) is 0 Å². The smallest absolute Gasteiger partial charge is 0.261 e. The van der Waals surface area contributed by atoms with E-state index in [2.05, 4.69) is 9.71 Å². The van der Waals surface area contributed by atoms with E-state index < -0.39 is 10.0 Å². The molecule has 0 bridgehead atoms. The Kier molecular flexibility index (Phi) is 4.06. The quantitative estimate of drug-likeness (QED) is 0.904. The van der Waals surface area contributed by atoms with Crippen molar-refractivity contribution in [1.82, 2.24) is 4.98 Å². The van der Waals surface area contributed by atoms with Crippen molar-refractivity contribution >= 4 is 15.7 Å². The number of nitrogens with one attached hydrogen (secondary N) is 1. The van der Waals surface area contributed by atoms with Gasteiger partial charge in [-0.1, -0.05) is 12.1 Å². The van der Waals surface area contributed by atoms with Gasteiger partial charge in [-0.3, -0.25) is 9.71 Å². The summed E-state index contributed by atoms with van der Waals surface area (Å²) in [5.74, 6) is 0. The molecule has 1 atom stereocenters. The van der Waals surface area contributed by atoms with E-state index in [1.165, 1.54) is 6.20 Å². The van der Waals surface area contributed by atoms with Crippen LogP contribution in [0.1, 0.15) is 24.1 Å². The maximum absolute atomic E-state index is 12.2. The summed E-state index contributed by atoms with van der Waals surface area (Å²) in [5, 5.41) is 0. The Morgan fingerprint density at radius 2 is 1.85 bits per heavy atom. The molecule has 3 N–H and O–H groups in total. The summed E-state index contributed by atoms with van der Waals surface area (Å²) in [4.78, 5) is 4.15. The number of sulfonamides is 1. The Labute approximate surface area is 118 Å². The minimum absolute atomic E-state index is 0.124. The van der Waals surface area contributed by atoms with Crippen LogP contribution in [0.25, 0.3) is 0 Å². The molecule has 0 spiro atoms. The first-order valence-corrected chi connectivity index (χ1v) is 7.67. The van der Waals surface area contributed by atoms with Crippen LogP contribution in [-0.2, 0) is 10.0 Å². The molecule has 0 radical (unpaired) electrons. The van der Waals surface area contributed by atoms with E-state index in [1.54, 1.807) is 36.5 Å². The fraction of sp³-hybridized carbons (Fsp3) is 0.214. The molecule has 0 saturated carbocycles. The molecule has 5 nitrogen and oxygen atoms in total. The lowest BCUT2D eigenvalue weighted by Crippen LogP contribution is -2.13. The van der Waals surface area contributed by atoms with Gasteiger partial charge in [0.1, 0.15) is 0 Å². The Hall–Kier alpha value is -1.92. The van der Waals surface area contributed by atoms with Gasteiger partial charge in [0.05, 0.1) is 16.8 Å². The van der Waals surface area contributed by atoms with Gasteiger partial charge in [-0.15, -0.1) is 0 Å². The normalized spacial score (nSPS) is 12.9. The lowest BCUT2D eigenvalue weighted by atomic mass is 10.1. The number of pyridine rings is 1. The van der Waals surface area contributed by atoms with Crippen LogP contribution < -0.4 is 10.5 Å². The van der Waals surface area contributed by atoms with Crippen LogP contribution in [-0.4, -0.2) is 13.4 Å². The van der Waals surface area contributed by atoms with Crippen LogP contribution in [0.5, 0.6) is 0 Å². The molecular weight excluding hydrogens is 274 g/mol. The van der Waals surface area contributed by atoms with Gasteiger partial charge in [0.15, 0.2) is 0 Å². The first-order chi connectivity index (χ1) is 9.38. The third-order valence-corrected chi connectivity index (χ3v) is 4.24. The van der Waals surface area contributed by atoms with E-state index in [0.29, 0.717) is 5.69 Å². The minimum Gasteiger partial charge on any atom is -0.324 e. The Balaban J connectivity index is 2.26. The van der Waals surface area contributed by atoms with Gasteiger partial charge in [0, 0.05) is 12.2 Å². The lowest BCUT2D eigenvalue weighted by Gasteiger charge is -2.10. The number of nitrogens with two attached hydrogens (primary N) is 1. The van der Waals surface area contributed by atoms with Crippen LogP contribution in [0, 0.1) is 6.92 Å². The summed E-state index contributed by atoms with van der Waals surface area (Å²) < 4.78 is 27.0. The zero-order valence-electron chi connectivity index (χ0n) is 11.4. The van der Waals surface area contributed by atoms with Crippen molar-refractivity contribution in [3.05, 3.63) is 53.9 Å². The molecule has 106 valence electrons. The first kappa shape index (κ1) is 14.5. The van der Waals surface area contributed by atoms with Crippen molar-refractivity contribution in [2.45, 2.75) is 24.8 Å². The summed E-state index contributed by atoms with van der Waals surface area (Å²) in [6, 6.07) is 8.12. The molecule has 0 aliphatic carbocycles. The summed E-state index contributed by atoms with van der Waals surface area (Å²) in [5.41, 5.74) is 7.96. The van der Waals surface area contributed by atoms with Gasteiger partial charge in [0.2, 0.25) is 0 Å². The van der Waals surface area contributed by atoms with E-state index in [-0.39, 0.29) is 10.9 Å². The van der Waals surface area contributed by atoms with Crippen molar-refractivity contribution in [1.29, 1.82) is 0 Å². The molecule has 1 heterocycles. The van der Waals surface area contributed by atoms with Crippen molar-refractivity contribution in [2.24, 2.45) is 5.73 Å². The van der Waals surface area contributed by atoms with Crippen LogP contribution in [0.3, 0.4) is 0 Å². The molecule has 20 heavy (non-hydrogen) atoms. The fourth-order valence-corrected chi connectivity index (χ4v) is 2.81. The summed E-state index contributed by atoms with van der Waals surface area (Å²) >= 11 is 0. The third kappa shape index (κ3) is 3.34. The predicted octanol–water partition coefficient (Wildman–Crippen LogP) is 2.21. The zero-order valence-corrected chi connectivity index (χ0v) is 12.2. The highest BCUT2D eigenvalue weighted by atomic mass is 32.2. The van der Waals surface area contributed by atoms with Crippen LogP contribution in [0.2, 0.25) is 0 Å². The molecule has 0 aliphatic heterocycles. The van der Waals surface area contributed by atoms with Crippen molar-refractivity contribution in [3.8, 4) is 0 Å². The van der Waals surface area contributed by atoms with Gasteiger partial charge in [-0.05, 0) is 43.2 Å². The van der Waals surface area contributed by atoms with Gasteiger partial charge < -0.3 is 5.73 Å². The Morgan fingerprint density at radius 3 is 2.40 bits per heavy atom. The van der Waals surface area contributed by atoms with Crippen LogP contribution in [0.4, 0.5) is 5.69 Å². The number of nitrogens with zero attached hydrogens (tertiary/aromatic N) is 1. The number of aryl methyl sites for hydroxylation is 1. The second kappa shape index (κ2) is 5.60. The molecular formula is C14H17N3O2S. The van der Waals surface area contributed by atoms with E-state index in [4.69, 9.17) is 5.73 Å². The Bertz CT molecular complexity index is 695. The van der Waals surface area contributed by atoms with Gasteiger partial charge in [-0.2, -0.15) is 0 Å². The van der Waals surface area contributed by atoms with Gasteiger partial charge in [0.25, 0.3) is 10.0 Å². The number of rotatable bonds is 4. The minimum atomic E-state index is -3.60. The zero-order chi connectivity index (χ0) is 14.8. The van der Waals surface area contributed by atoms with Crippen molar-refractivity contribution in [2.75, 3.05) is 4.72 Å². The molecule has 0 aliphatic rings. The molecule has 1 aromatic carbocycles. The standard InChI is InChI=1S/C14H17N3O2S/c1-10-7-13(9-16-8-10)17-20(18,19)14-5-3-12(4-6-14)11(2)15/h3-9,11,17H,15H2,1-2H3. The van der Waals surface area contributed by atoms with Crippen molar-refractivity contribution < 1.29 is 8.42 Å². The van der Waals surface area contributed by atoms with E-state index >= 15 is 0 Å². The molecule has 2 rings (SSSR count). The maximum atomic E-state index is 12.2. The third-order valence-electron chi connectivity index (χ3n) is 2.84. The van der Waals surface area contributed by atoms with Gasteiger partial charge in [-0.25, -0.2) is 8.42 Å². The second-order valence-corrected chi connectivity index (χ2v) is 6.40. The molecule has 0 fully saturated rings. The number of benzene rings is 1. The largest absolute Gasteiger partial charge is 0.324 e. The van der Waals surface area contributed by atoms with E-state index in [1.807, 2.05) is 13.8 Å². The fourth-order valence-electron chi connectivity index (χ4n) is 1.78. The molecule has 0 saturated heterocycles. The first-order valence-electron chi connectivity index (χ1n) is 6.18. The van der Waals surface area contributed by atoms with E-state index in [9.17, 15) is 8.42 Å². The number of aromatic nitrogens is 1. The molecule has 1 aromatic heterocycles. The second-order valence-electron chi connectivity index (χ2n) is 4.71. The maximum Gasteiger partial charge on any atom is 0.261 e. The molecule has 1 unspecified atom stereocenters. The average Bonchev–Trinajstić information content (AvgIpc) is 2.38. The lowest BCUT2D eigenvalue weighted by molar-refractivity contribution is 0.601. The highest BCUT2D eigenvalue weighted by molar-refractivity contribution is 7.92. The average molecular weight is 291 g/mol. The summed E-state index contributed by atoms with van der Waals surface area (Å²) in [6.07, 6.45) is 3.14. The molecule has 6 heteroatoms. The SMILES string of the molecule is Cc1cncc(NS(=O)(=O)c2ccc(C(C)N)cc2)c1. The van der Waals surface area contributed by atoms with Crippen LogP contribution in [0.15, 0.2) is 47.6 Å². The summed E-state index contributed by atoms with van der Waals surface area (Å²) in [6.45, 7) is 3.70. The number of hydrogen-bond acceptors (Lipinski definition) is 4.